The van der Waals surface area contributed by atoms with Gasteiger partial charge in [0.1, 0.15) is 5.75 Å². The summed E-state index contributed by atoms with van der Waals surface area (Å²) in [5.74, 6) is 0.219. The number of amides is 1. The molecule has 6 nitrogen and oxygen atoms in total. The zero-order valence-corrected chi connectivity index (χ0v) is 18.6. The van der Waals surface area contributed by atoms with Gasteiger partial charge in [0.25, 0.3) is 0 Å². The molecule has 0 unspecified atom stereocenters. The van der Waals surface area contributed by atoms with E-state index in [1.165, 1.54) is 16.4 Å². The summed E-state index contributed by atoms with van der Waals surface area (Å²) in [6, 6.07) is 12.9. The second-order valence-corrected chi connectivity index (χ2v) is 9.63. The van der Waals surface area contributed by atoms with E-state index in [0.29, 0.717) is 23.1 Å². The lowest BCUT2D eigenvalue weighted by atomic mass is 9.95. The summed E-state index contributed by atoms with van der Waals surface area (Å²) in [6.07, 6.45) is 4.50. The molecule has 2 aromatic rings. The Morgan fingerprint density at radius 3 is 2.47 bits per heavy atom. The Bertz CT molecular complexity index is 957. The molecule has 1 aliphatic carbocycles. The molecule has 2 aromatic carbocycles. The second kappa shape index (κ2) is 10.3. The topological polar surface area (TPSA) is 75.7 Å². The van der Waals surface area contributed by atoms with E-state index in [1.54, 1.807) is 36.4 Å². The summed E-state index contributed by atoms with van der Waals surface area (Å²) in [7, 11) is -3.84. The molecular formula is C22H27ClN2O4S. The lowest BCUT2D eigenvalue weighted by molar-refractivity contribution is -0.116. The molecule has 3 rings (SSSR count). The molecule has 0 spiro atoms. The molecule has 0 saturated heterocycles. The number of carbonyl (C=O) groups excluding carboxylic acids is 1. The van der Waals surface area contributed by atoms with Gasteiger partial charge in [0.2, 0.25) is 15.9 Å². The largest absolute Gasteiger partial charge is 0.494 e. The number of sulfonamides is 1. The molecule has 1 fully saturated rings. The van der Waals surface area contributed by atoms with E-state index in [4.69, 9.17) is 16.3 Å². The molecule has 30 heavy (non-hydrogen) atoms. The van der Waals surface area contributed by atoms with Crippen molar-refractivity contribution in [2.45, 2.75) is 50.0 Å². The maximum absolute atomic E-state index is 13.4. The molecule has 1 amide bonds. The first-order valence-corrected chi connectivity index (χ1v) is 12.0. The van der Waals surface area contributed by atoms with Gasteiger partial charge in [0.05, 0.1) is 18.0 Å². The third kappa shape index (κ3) is 5.74. The summed E-state index contributed by atoms with van der Waals surface area (Å²) in [5.41, 5.74) is 0.537. The molecule has 8 heteroatoms. The lowest BCUT2D eigenvalue weighted by Crippen LogP contribution is -2.45. The predicted molar refractivity (Wildman–Crippen MR) is 118 cm³/mol. The zero-order chi connectivity index (χ0) is 21.6. The first-order chi connectivity index (χ1) is 14.4. The summed E-state index contributed by atoms with van der Waals surface area (Å²) >= 11 is 5.98. The van der Waals surface area contributed by atoms with Crippen LogP contribution in [0.4, 0.5) is 5.69 Å². The summed E-state index contributed by atoms with van der Waals surface area (Å²) in [6.45, 7) is 2.13. The molecule has 162 valence electrons. The number of rotatable bonds is 8. The average Bonchev–Trinajstić information content (AvgIpc) is 2.73. The van der Waals surface area contributed by atoms with Crippen molar-refractivity contribution >= 4 is 33.2 Å². The van der Waals surface area contributed by atoms with Crippen molar-refractivity contribution in [2.24, 2.45) is 0 Å². The normalized spacial score (nSPS) is 15.2. The minimum atomic E-state index is -3.84. The number of anilines is 1. The van der Waals surface area contributed by atoms with Crippen molar-refractivity contribution in [2.75, 3.05) is 18.5 Å². The first kappa shape index (κ1) is 22.6. The lowest BCUT2D eigenvalue weighted by Gasteiger charge is -2.33. The number of halogens is 1. The number of carbonyl (C=O) groups is 1. The van der Waals surface area contributed by atoms with Gasteiger partial charge < -0.3 is 10.1 Å². The van der Waals surface area contributed by atoms with Gasteiger partial charge in [-0.1, -0.05) is 36.9 Å². The van der Waals surface area contributed by atoms with E-state index in [-0.39, 0.29) is 17.5 Å². The number of nitrogens with zero attached hydrogens (tertiary/aromatic N) is 1. The van der Waals surface area contributed by atoms with Crippen LogP contribution < -0.4 is 10.1 Å². The van der Waals surface area contributed by atoms with Crippen LogP contribution in [0.3, 0.4) is 0 Å². The Hall–Kier alpha value is -2.09. The highest BCUT2D eigenvalue weighted by atomic mass is 35.5. The summed E-state index contributed by atoms with van der Waals surface area (Å²) in [5, 5.41) is 3.25. The Morgan fingerprint density at radius 1 is 1.13 bits per heavy atom. The van der Waals surface area contributed by atoms with Crippen LogP contribution in [-0.4, -0.2) is 37.8 Å². The number of hydrogen-bond acceptors (Lipinski definition) is 4. The van der Waals surface area contributed by atoms with Gasteiger partial charge in [-0.2, -0.15) is 4.31 Å². The third-order valence-corrected chi connectivity index (χ3v) is 7.28. The molecule has 0 aromatic heterocycles. The number of ether oxygens (including phenoxy) is 1. The fourth-order valence-corrected chi connectivity index (χ4v) is 5.53. The molecule has 0 aliphatic heterocycles. The molecule has 1 saturated carbocycles. The SMILES string of the molecule is CCOc1ccc(S(=O)(=O)N(CC(=O)Nc2cccc(Cl)c2)C2CCCCC2)cc1. The fourth-order valence-electron chi connectivity index (χ4n) is 3.70. The first-order valence-electron chi connectivity index (χ1n) is 10.2. The van der Waals surface area contributed by atoms with Gasteiger partial charge in [0, 0.05) is 16.8 Å². The van der Waals surface area contributed by atoms with Crippen LogP contribution in [0.5, 0.6) is 5.75 Å². The summed E-state index contributed by atoms with van der Waals surface area (Å²) in [4.78, 5) is 12.9. The highest BCUT2D eigenvalue weighted by Crippen LogP contribution is 2.28. The van der Waals surface area contributed by atoms with Crippen molar-refractivity contribution in [1.29, 1.82) is 0 Å². The average molecular weight is 451 g/mol. The Balaban J connectivity index is 1.83. The monoisotopic (exact) mass is 450 g/mol. The van der Waals surface area contributed by atoms with Crippen LogP contribution in [0, 0.1) is 0 Å². The van der Waals surface area contributed by atoms with Crippen LogP contribution in [0.2, 0.25) is 5.02 Å². The molecule has 1 aliphatic rings. The second-order valence-electron chi connectivity index (χ2n) is 7.31. The molecule has 0 radical (unpaired) electrons. The van der Waals surface area contributed by atoms with E-state index >= 15 is 0 Å². The number of benzene rings is 2. The quantitative estimate of drug-likeness (QED) is 0.632. The van der Waals surface area contributed by atoms with Crippen molar-refractivity contribution < 1.29 is 17.9 Å². The van der Waals surface area contributed by atoms with Gasteiger partial charge in [-0.15, -0.1) is 0 Å². The third-order valence-electron chi connectivity index (χ3n) is 5.13. The molecule has 0 bridgehead atoms. The van der Waals surface area contributed by atoms with Crippen LogP contribution in [0.15, 0.2) is 53.4 Å². The van der Waals surface area contributed by atoms with Crippen molar-refractivity contribution in [3.8, 4) is 5.75 Å². The maximum Gasteiger partial charge on any atom is 0.243 e. The number of nitrogens with one attached hydrogen (secondary N) is 1. The van der Waals surface area contributed by atoms with Crippen LogP contribution in [0.1, 0.15) is 39.0 Å². The Labute approximate surface area is 183 Å². The zero-order valence-electron chi connectivity index (χ0n) is 17.0. The van der Waals surface area contributed by atoms with Crippen molar-refractivity contribution in [3.63, 3.8) is 0 Å². The Kier molecular flexibility index (Phi) is 7.75. The van der Waals surface area contributed by atoms with E-state index in [9.17, 15) is 13.2 Å². The van der Waals surface area contributed by atoms with Crippen LogP contribution in [-0.2, 0) is 14.8 Å². The number of hydrogen-bond donors (Lipinski definition) is 1. The van der Waals surface area contributed by atoms with Gasteiger partial charge in [-0.3, -0.25) is 4.79 Å². The standard InChI is InChI=1S/C22H27ClN2O4S/c1-2-29-20-11-13-21(14-12-20)30(27,28)25(19-9-4-3-5-10-19)16-22(26)24-18-8-6-7-17(23)15-18/h6-8,11-15,19H,2-5,9-10,16H2,1H3,(H,24,26). The highest BCUT2D eigenvalue weighted by Gasteiger charge is 2.34. The van der Waals surface area contributed by atoms with E-state index in [2.05, 4.69) is 5.32 Å². The van der Waals surface area contributed by atoms with Crippen LogP contribution in [0.25, 0.3) is 0 Å². The highest BCUT2D eigenvalue weighted by molar-refractivity contribution is 7.89. The summed E-state index contributed by atoms with van der Waals surface area (Å²) < 4.78 is 33.6. The molecule has 0 heterocycles. The molecule has 1 N–H and O–H groups in total. The van der Waals surface area contributed by atoms with Crippen molar-refractivity contribution in [1.82, 2.24) is 4.31 Å². The van der Waals surface area contributed by atoms with Gasteiger partial charge >= 0.3 is 0 Å². The maximum atomic E-state index is 13.4. The smallest absolute Gasteiger partial charge is 0.243 e. The van der Waals surface area contributed by atoms with Crippen LogP contribution >= 0.6 is 11.6 Å². The van der Waals surface area contributed by atoms with Crippen molar-refractivity contribution in [3.05, 3.63) is 53.6 Å². The van der Waals surface area contributed by atoms with Gasteiger partial charge in [-0.25, -0.2) is 8.42 Å². The van der Waals surface area contributed by atoms with E-state index < -0.39 is 15.9 Å². The van der Waals surface area contributed by atoms with E-state index in [0.717, 1.165) is 32.1 Å². The van der Waals surface area contributed by atoms with E-state index in [1.807, 2.05) is 6.92 Å². The molecule has 0 atom stereocenters. The van der Waals surface area contributed by atoms with Gasteiger partial charge in [0.15, 0.2) is 0 Å². The minimum Gasteiger partial charge on any atom is -0.494 e. The fraction of sp³-hybridized carbons (Fsp3) is 0.409. The minimum absolute atomic E-state index is 0.159. The Morgan fingerprint density at radius 2 is 1.83 bits per heavy atom. The predicted octanol–water partition coefficient (Wildman–Crippen LogP) is 4.70. The van der Waals surface area contributed by atoms with Gasteiger partial charge in [-0.05, 0) is 62.2 Å². The molecular weight excluding hydrogens is 424 g/mol.